The summed E-state index contributed by atoms with van der Waals surface area (Å²) in [5, 5.41) is 6.63. The summed E-state index contributed by atoms with van der Waals surface area (Å²) < 4.78 is 5.62. The molecule has 4 nitrogen and oxygen atoms in total. The van der Waals surface area contributed by atoms with Crippen molar-refractivity contribution in [1.82, 2.24) is 4.98 Å². The monoisotopic (exact) mass is 267 g/mol. The Morgan fingerprint density at radius 2 is 1.80 bits per heavy atom. The van der Waals surface area contributed by atoms with Gasteiger partial charge in [0.1, 0.15) is 5.52 Å². The van der Waals surface area contributed by atoms with Crippen LogP contribution in [-0.2, 0) is 0 Å². The SMILES string of the molecule is CC(CNc1nc2ccccc2o1)Nc1ccccc1. The van der Waals surface area contributed by atoms with Crippen molar-refractivity contribution in [3.05, 3.63) is 54.6 Å². The lowest BCUT2D eigenvalue weighted by Gasteiger charge is -2.15. The van der Waals surface area contributed by atoms with Crippen LogP contribution in [0.15, 0.2) is 59.0 Å². The number of anilines is 2. The Hall–Kier alpha value is -2.49. The average molecular weight is 267 g/mol. The van der Waals surface area contributed by atoms with Crippen molar-refractivity contribution >= 4 is 22.8 Å². The first kappa shape index (κ1) is 12.5. The van der Waals surface area contributed by atoms with Crippen LogP contribution in [0.2, 0.25) is 0 Å². The van der Waals surface area contributed by atoms with Gasteiger partial charge >= 0.3 is 0 Å². The van der Waals surface area contributed by atoms with Crippen molar-refractivity contribution in [3.8, 4) is 0 Å². The summed E-state index contributed by atoms with van der Waals surface area (Å²) in [7, 11) is 0. The molecule has 0 saturated carbocycles. The van der Waals surface area contributed by atoms with Crippen LogP contribution in [0.4, 0.5) is 11.7 Å². The Morgan fingerprint density at radius 3 is 2.60 bits per heavy atom. The van der Waals surface area contributed by atoms with Gasteiger partial charge < -0.3 is 15.1 Å². The van der Waals surface area contributed by atoms with E-state index >= 15 is 0 Å². The van der Waals surface area contributed by atoms with E-state index in [0.29, 0.717) is 6.01 Å². The van der Waals surface area contributed by atoms with Crippen molar-refractivity contribution in [3.63, 3.8) is 0 Å². The van der Waals surface area contributed by atoms with Crippen LogP contribution in [-0.4, -0.2) is 17.6 Å². The molecule has 20 heavy (non-hydrogen) atoms. The number of benzene rings is 2. The number of fused-ring (bicyclic) bond motifs is 1. The van der Waals surface area contributed by atoms with E-state index in [-0.39, 0.29) is 6.04 Å². The van der Waals surface area contributed by atoms with E-state index in [4.69, 9.17) is 4.42 Å². The van der Waals surface area contributed by atoms with Crippen LogP contribution in [0.5, 0.6) is 0 Å². The zero-order valence-electron chi connectivity index (χ0n) is 11.3. The highest BCUT2D eigenvalue weighted by Crippen LogP contribution is 2.18. The third-order valence-electron chi connectivity index (χ3n) is 3.04. The molecule has 0 bridgehead atoms. The lowest BCUT2D eigenvalue weighted by molar-refractivity contribution is 0.610. The van der Waals surface area contributed by atoms with Crippen molar-refractivity contribution in [1.29, 1.82) is 0 Å². The quantitative estimate of drug-likeness (QED) is 0.739. The van der Waals surface area contributed by atoms with Crippen LogP contribution >= 0.6 is 0 Å². The standard InChI is InChI=1S/C16H17N3O/c1-12(18-13-7-3-2-4-8-13)11-17-16-19-14-9-5-6-10-15(14)20-16/h2-10,12,18H,11H2,1H3,(H,17,19). The molecular formula is C16H17N3O. The highest BCUT2D eigenvalue weighted by Gasteiger charge is 2.06. The molecule has 0 aliphatic rings. The fourth-order valence-electron chi connectivity index (χ4n) is 2.06. The molecule has 3 aromatic rings. The van der Waals surface area contributed by atoms with Crippen LogP contribution < -0.4 is 10.6 Å². The predicted octanol–water partition coefficient (Wildman–Crippen LogP) is 3.74. The predicted molar refractivity (Wildman–Crippen MR) is 82.0 cm³/mol. The summed E-state index contributed by atoms with van der Waals surface area (Å²) >= 11 is 0. The first-order valence-corrected chi connectivity index (χ1v) is 6.72. The first-order valence-electron chi connectivity index (χ1n) is 6.72. The number of hydrogen-bond acceptors (Lipinski definition) is 4. The minimum absolute atomic E-state index is 0.271. The lowest BCUT2D eigenvalue weighted by atomic mass is 10.2. The summed E-state index contributed by atoms with van der Waals surface area (Å²) in [6.07, 6.45) is 0. The minimum atomic E-state index is 0.271. The van der Waals surface area contributed by atoms with Gasteiger partial charge in [-0.2, -0.15) is 4.98 Å². The molecule has 0 fully saturated rings. The average Bonchev–Trinajstić information content (AvgIpc) is 2.89. The van der Waals surface area contributed by atoms with Gasteiger partial charge in [-0.3, -0.25) is 0 Å². The summed E-state index contributed by atoms with van der Waals surface area (Å²) in [5.74, 6) is 0. The number of para-hydroxylation sites is 3. The van der Waals surface area contributed by atoms with Gasteiger partial charge in [-0.05, 0) is 31.2 Å². The van der Waals surface area contributed by atoms with Crippen molar-refractivity contribution in [2.75, 3.05) is 17.2 Å². The molecule has 2 N–H and O–H groups in total. The zero-order valence-corrected chi connectivity index (χ0v) is 11.3. The highest BCUT2D eigenvalue weighted by atomic mass is 16.4. The third kappa shape index (κ3) is 2.91. The largest absolute Gasteiger partial charge is 0.424 e. The number of nitrogens with one attached hydrogen (secondary N) is 2. The van der Waals surface area contributed by atoms with E-state index in [1.165, 1.54) is 0 Å². The van der Waals surface area contributed by atoms with Gasteiger partial charge in [-0.25, -0.2) is 0 Å². The van der Waals surface area contributed by atoms with Gasteiger partial charge in [-0.15, -0.1) is 0 Å². The van der Waals surface area contributed by atoms with E-state index in [0.717, 1.165) is 23.3 Å². The molecule has 0 radical (unpaired) electrons. The van der Waals surface area contributed by atoms with Gasteiger partial charge in [0.25, 0.3) is 6.01 Å². The Morgan fingerprint density at radius 1 is 1.05 bits per heavy atom. The maximum atomic E-state index is 5.62. The molecule has 0 spiro atoms. The molecule has 4 heteroatoms. The van der Waals surface area contributed by atoms with Gasteiger partial charge in [0, 0.05) is 18.3 Å². The normalized spacial score (nSPS) is 12.2. The van der Waals surface area contributed by atoms with Crippen LogP contribution in [0.1, 0.15) is 6.92 Å². The number of oxazole rings is 1. The zero-order chi connectivity index (χ0) is 13.8. The van der Waals surface area contributed by atoms with Crippen LogP contribution in [0, 0.1) is 0 Å². The lowest BCUT2D eigenvalue weighted by Crippen LogP contribution is -2.24. The Bertz CT molecular complexity index is 645. The van der Waals surface area contributed by atoms with Gasteiger partial charge in [-0.1, -0.05) is 30.3 Å². The number of nitrogens with zero attached hydrogens (tertiary/aromatic N) is 1. The van der Waals surface area contributed by atoms with Gasteiger partial charge in [0.2, 0.25) is 0 Å². The summed E-state index contributed by atoms with van der Waals surface area (Å²) in [6.45, 7) is 2.85. The Kier molecular flexibility index (Phi) is 3.54. The first-order chi connectivity index (χ1) is 9.81. The topological polar surface area (TPSA) is 50.1 Å². The second kappa shape index (κ2) is 5.65. The van der Waals surface area contributed by atoms with Gasteiger partial charge in [0.05, 0.1) is 0 Å². The fraction of sp³-hybridized carbons (Fsp3) is 0.188. The van der Waals surface area contributed by atoms with Crippen LogP contribution in [0.25, 0.3) is 11.1 Å². The molecule has 102 valence electrons. The molecule has 3 rings (SSSR count). The molecular weight excluding hydrogens is 250 g/mol. The maximum absolute atomic E-state index is 5.62. The van der Waals surface area contributed by atoms with E-state index in [9.17, 15) is 0 Å². The van der Waals surface area contributed by atoms with Gasteiger partial charge in [0.15, 0.2) is 5.58 Å². The molecule has 0 aliphatic heterocycles. The smallest absolute Gasteiger partial charge is 0.295 e. The number of rotatable bonds is 5. The second-order valence-electron chi connectivity index (χ2n) is 4.78. The highest BCUT2D eigenvalue weighted by molar-refractivity contribution is 5.74. The van der Waals surface area contributed by atoms with Crippen molar-refractivity contribution in [2.45, 2.75) is 13.0 Å². The minimum Gasteiger partial charge on any atom is -0.424 e. The van der Waals surface area contributed by atoms with Crippen molar-refractivity contribution < 1.29 is 4.42 Å². The molecule has 0 aliphatic carbocycles. The second-order valence-corrected chi connectivity index (χ2v) is 4.78. The number of hydrogen-bond donors (Lipinski definition) is 2. The molecule has 0 amide bonds. The number of aromatic nitrogens is 1. The van der Waals surface area contributed by atoms with Crippen LogP contribution in [0.3, 0.4) is 0 Å². The molecule has 1 atom stereocenters. The molecule has 2 aromatic carbocycles. The van der Waals surface area contributed by atoms with E-state index in [1.54, 1.807) is 0 Å². The van der Waals surface area contributed by atoms with E-state index in [1.807, 2.05) is 42.5 Å². The Labute approximate surface area is 117 Å². The van der Waals surface area contributed by atoms with E-state index < -0.39 is 0 Å². The maximum Gasteiger partial charge on any atom is 0.295 e. The summed E-state index contributed by atoms with van der Waals surface area (Å²) in [6, 6.07) is 18.7. The fourth-order valence-corrected chi connectivity index (χ4v) is 2.06. The molecule has 0 saturated heterocycles. The molecule has 1 heterocycles. The molecule has 1 unspecified atom stereocenters. The third-order valence-corrected chi connectivity index (χ3v) is 3.04. The summed E-state index contributed by atoms with van der Waals surface area (Å²) in [5.41, 5.74) is 2.79. The van der Waals surface area contributed by atoms with Crippen molar-refractivity contribution in [2.24, 2.45) is 0 Å². The molecule has 1 aromatic heterocycles. The van der Waals surface area contributed by atoms with E-state index in [2.05, 4.69) is 34.7 Å². The summed E-state index contributed by atoms with van der Waals surface area (Å²) in [4.78, 5) is 4.39. The Balaban J connectivity index is 1.58.